The molecule has 0 fully saturated rings. The SMILES string of the molecule is CCN(CC)Cc1c(O)ccc2c1O/C(=C\c1ccccc1Cl)C2=O. The van der Waals surface area contributed by atoms with E-state index < -0.39 is 0 Å². The lowest BCUT2D eigenvalue weighted by Crippen LogP contribution is -2.22. The maximum atomic E-state index is 12.7. The number of phenols is 1. The van der Waals surface area contributed by atoms with Crippen LogP contribution in [-0.4, -0.2) is 28.9 Å². The summed E-state index contributed by atoms with van der Waals surface area (Å²) >= 11 is 6.17. The number of phenolic OH excluding ortho intramolecular Hbond substituents is 1. The Morgan fingerprint density at radius 2 is 1.88 bits per heavy atom. The molecule has 2 aromatic carbocycles. The van der Waals surface area contributed by atoms with Gasteiger partial charge in [0.1, 0.15) is 11.5 Å². The molecule has 0 unspecified atom stereocenters. The Balaban J connectivity index is 2.00. The number of fused-ring (bicyclic) bond motifs is 1. The predicted molar refractivity (Wildman–Crippen MR) is 99.1 cm³/mol. The van der Waals surface area contributed by atoms with Crippen LogP contribution in [-0.2, 0) is 6.54 Å². The molecule has 0 saturated carbocycles. The molecule has 0 radical (unpaired) electrons. The van der Waals surface area contributed by atoms with Gasteiger partial charge in [-0.3, -0.25) is 9.69 Å². The topological polar surface area (TPSA) is 49.8 Å². The third-order valence-electron chi connectivity index (χ3n) is 4.38. The number of ether oxygens (including phenoxy) is 1. The summed E-state index contributed by atoms with van der Waals surface area (Å²) in [5.41, 5.74) is 1.82. The molecule has 0 amide bonds. The zero-order valence-electron chi connectivity index (χ0n) is 14.3. The summed E-state index contributed by atoms with van der Waals surface area (Å²) in [5, 5.41) is 10.8. The van der Waals surface area contributed by atoms with Crippen molar-refractivity contribution in [3.8, 4) is 11.5 Å². The van der Waals surface area contributed by atoms with E-state index in [1.165, 1.54) is 0 Å². The van der Waals surface area contributed by atoms with Gasteiger partial charge in [-0.1, -0.05) is 43.6 Å². The number of allylic oxidation sites excluding steroid dienone is 1. The number of nitrogens with zero attached hydrogens (tertiary/aromatic N) is 1. The number of benzene rings is 2. The zero-order chi connectivity index (χ0) is 18.0. The molecule has 130 valence electrons. The Bertz CT molecular complexity index is 841. The van der Waals surface area contributed by atoms with Crippen LogP contribution in [0.2, 0.25) is 5.02 Å². The first-order valence-corrected chi connectivity index (χ1v) is 8.68. The smallest absolute Gasteiger partial charge is 0.231 e. The maximum Gasteiger partial charge on any atom is 0.231 e. The number of carbonyl (C=O) groups excluding carboxylic acids is 1. The molecule has 1 aliphatic rings. The van der Waals surface area contributed by atoms with Crippen molar-refractivity contribution in [1.29, 1.82) is 0 Å². The third-order valence-corrected chi connectivity index (χ3v) is 4.73. The van der Waals surface area contributed by atoms with E-state index >= 15 is 0 Å². The van der Waals surface area contributed by atoms with Crippen molar-refractivity contribution in [1.82, 2.24) is 4.90 Å². The van der Waals surface area contributed by atoms with E-state index in [2.05, 4.69) is 18.7 Å². The van der Waals surface area contributed by atoms with Crippen molar-refractivity contribution in [2.24, 2.45) is 0 Å². The summed E-state index contributed by atoms with van der Waals surface area (Å²) in [7, 11) is 0. The second kappa shape index (κ2) is 7.30. The second-order valence-corrected chi connectivity index (χ2v) is 6.27. The Hall–Kier alpha value is -2.30. The van der Waals surface area contributed by atoms with Gasteiger partial charge in [0, 0.05) is 11.6 Å². The van der Waals surface area contributed by atoms with Crippen LogP contribution < -0.4 is 4.74 Å². The molecule has 0 bridgehead atoms. The number of aromatic hydroxyl groups is 1. The van der Waals surface area contributed by atoms with Gasteiger partial charge in [-0.05, 0) is 42.9 Å². The number of ketones is 1. The lowest BCUT2D eigenvalue weighted by molar-refractivity contribution is 0.101. The van der Waals surface area contributed by atoms with Crippen molar-refractivity contribution >= 4 is 23.5 Å². The first-order chi connectivity index (χ1) is 12.0. The molecular weight excluding hydrogens is 338 g/mol. The normalized spacial score (nSPS) is 14.9. The molecule has 4 nitrogen and oxygen atoms in total. The molecule has 0 spiro atoms. The first-order valence-electron chi connectivity index (χ1n) is 8.31. The highest BCUT2D eigenvalue weighted by molar-refractivity contribution is 6.32. The lowest BCUT2D eigenvalue weighted by Gasteiger charge is -2.20. The molecule has 1 N–H and O–H groups in total. The van der Waals surface area contributed by atoms with Gasteiger partial charge in [0.25, 0.3) is 0 Å². The predicted octanol–water partition coefficient (Wildman–Crippen LogP) is 4.50. The summed E-state index contributed by atoms with van der Waals surface area (Å²) in [6, 6.07) is 10.4. The van der Waals surface area contributed by atoms with Crippen LogP contribution in [0.1, 0.15) is 35.3 Å². The maximum absolute atomic E-state index is 12.7. The number of carbonyl (C=O) groups is 1. The van der Waals surface area contributed by atoms with Crippen molar-refractivity contribution in [3.63, 3.8) is 0 Å². The minimum atomic E-state index is -0.198. The van der Waals surface area contributed by atoms with Crippen LogP contribution in [0.3, 0.4) is 0 Å². The van der Waals surface area contributed by atoms with Crippen LogP contribution in [0.5, 0.6) is 11.5 Å². The highest BCUT2D eigenvalue weighted by Crippen LogP contribution is 2.40. The van der Waals surface area contributed by atoms with Gasteiger partial charge in [-0.25, -0.2) is 0 Å². The van der Waals surface area contributed by atoms with Gasteiger partial charge in [-0.15, -0.1) is 0 Å². The summed E-state index contributed by atoms with van der Waals surface area (Å²) in [4.78, 5) is 14.8. The number of hydrogen-bond acceptors (Lipinski definition) is 4. The van der Waals surface area contributed by atoms with E-state index in [0.717, 1.165) is 18.7 Å². The fourth-order valence-corrected chi connectivity index (χ4v) is 3.04. The fraction of sp³-hybridized carbons (Fsp3) is 0.250. The van der Waals surface area contributed by atoms with Crippen molar-refractivity contribution in [2.75, 3.05) is 13.1 Å². The van der Waals surface area contributed by atoms with Crippen LogP contribution in [0.15, 0.2) is 42.2 Å². The molecule has 1 heterocycles. The van der Waals surface area contributed by atoms with E-state index in [9.17, 15) is 9.90 Å². The van der Waals surface area contributed by atoms with Gasteiger partial charge in [0.05, 0.1) is 11.1 Å². The van der Waals surface area contributed by atoms with Crippen LogP contribution in [0, 0.1) is 0 Å². The Labute approximate surface area is 152 Å². The van der Waals surface area contributed by atoms with E-state index in [1.54, 1.807) is 24.3 Å². The second-order valence-electron chi connectivity index (χ2n) is 5.86. The molecule has 0 aromatic heterocycles. The quantitative estimate of drug-likeness (QED) is 0.800. The van der Waals surface area contributed by atoms with E-state index in [0.29, 0.717) is 28.4 Å². The third kappa shape index (κ3) is 3.41. The molecular formula is C20H20ClNO3. The Kier molecular flexibility index (Phi) is 5.11. The minimum absolute atomic E-state index is 0.137. The minimum Gasteiger partial charge on any atom is -0.507 e. The molecule has 0 atom stereocenters. The molecule has 2 aromatic rings. The monoisotopic (exact) mass is 357 g/mol. The Morgan fingerprint density at radius 1 is 1.16 bits per heavy atom. The van der Waals surface area contributed by atoms with Gasteiger partial charge >= 0.3 is 0 Å². The highest BCUT2D eigenvalue weighted by Gasteiger charge is 2.31. The average Bonchev–Trinajstić information content (AvgIpc) is 2.92. The van der Waals surface area contributed by atoms with Gasteiger partial charge < -0.3 is 9.84 Å². The molecule has 25 heavy (non-hydrogen) atoms. The average molecular weight is 358 g/mol. The van der Waals surface area contributed by atoms with Crippen LogP contribution in [0.25, 0.3) is 6.08 Å². The molecule has 3 rings (SSSR count). The van der Waals surface area contributed by atoms with Gasteiger partial charge in [0.15, 0.2) is 5.76 Å². The van der Waals surface area contributed by atoms with Crippen molar-refractivity contribution < 1.29 is 14.6 Å². The summed E-state index contributed by atoms with van der Waals surface area (Å²) in [6.07, 6.45) is 1.64. The van der Waals surface area contributed by atoms with Crippen LogP contribution in [0.4, 0.5) is 0 Å². The fourth-order valence-electron chi connectivity index (χ4n) is 2.85. The summed E-state index contributed by atoms with van der Waals surface area (Å²) in [6.45, 7) is 6.32. The number of halogens is 1. The summed E-state index contributed by atoms with van der Waals surface area (Å²) in [5.74, 6) is 0.595. The standard InChI is InChI=1S/C20H20ClNO3/c1-3-22(4-2)12-15-17(23)10-9-14-19(24)18(25-20(14)15)11-13-7-5-6-8-16(13)21/h5-11,23H,3-4,12H2,1-2H3/b18-11-. The van der Waals surface area contributed by atoms with Crippen LogP contribution >= 0.6 is 11.6 Å². The van der Waals surface area contributed by atoms with Gasteiger partial charge in [-0.2, -0.15) is 0 Å². The van der Waals surface area contributed by atoms with E-state index in [4.69, 9.17) is 16.3 Å². The number of Topliss-reactive ketones (excluding diaryl/α,β-unsaturated/α-hetero) is 1. The lowest BCUT2D eigenvalue weighted by atomic mass is 10.0. The summed E-state index contributed by atoms with van der Waals surface area (Å²) < 4.78 is 5.85. The molecule has 5 heteroatoms. The van der Waals surface area contributed by atoms with Crippen molar-refractivity contribution in [3.05, 3.63) is 63.9 Å². The van der Waals surface area contributed by atoms with E-state index in [1.807, 2.05) is 18.2 Å². The molecule has 0 aliphatic carbocycles. The largest absolute Gasteiger partial charge is 0.507 e. The molecule has 0 saturated heterocycles. The Morgan fingerprint density at radius 3 is 2.56 bits per heavy atom. The number of hydrogen-bond donors (Lipinski definition) is 1. The highest BCUT2D eigenvalue weighted by atomic mass is 35.5. The molecule has 1 aliphatic heterocycles. The van der Waals surface area contributed by atoms with Gasteiger partial charge in [0.2, 0.25) is 5.78 Å². The first kappa shape index (κ1) is 17.5. The zero-order valence-corrected chi connectivity index (χ0v) is 15.0. The van der Waals surface area contributed by atoms with Crippen molar-refractivity contribution in [2.45, 2.75) is 20.4 Å². The number of rotatable bonds is 5. The van der Waals surface area contributed by atoms with E-state index in [-0.39, 0.29) is 17.3 Å².